The molecule has 1 fully saturated rings. The van der Waals surface area contributed by atoms with Crippen molar-refractivity contribution >= 4 is 0 Å². The molecule has 3 heteroatoms. The summed E-state index contributed by atoms with van der Waals surface area (Å²) in [5.74, 6) is 0.977. The van der Waals surface area contributed by atoms with Gasteiger partial charge < -0.3 is 15.2 Å². The lowest BCUT2D eigenvalue weighted by molar-refractivity contribution is -0.0717. The Morgan fingerprint density at radius 3 is 2.81 bits per heavy atom. The van der Waals surface area contributed by atoms with Gasteiger partial charge >= 0.3 is 0 Å². The van der Waals surface area contributed by atoms with Crippen LogP contribution in [-0.4, -0.2) is 37.0 Å². The maximum atomic E-state index is 10.4. The van der Waals surface area contributed by atoms with E-state index in [1.165, 1.54) is 0 Å². The van der Waals surface area contributed by atoms with Crippen LogP contribution in [0.2, 0.25) is 0 Å². The molecule has 3 nitrogen and oxygen atoms in total. The van der Waals surface area contributed by atoms with E-state index in [4.69, 9.17) is 4.74 Å². The van der Waals surface area contributed by atoms with Gasteiger partial charge in [0.1, 0.15) is 0 Å². The molecule has 1 aliphatic heterocycles. The molecule has 0 spiro atoms. The Morgan fingerprint density at radius 1 is 1.50 bits per heavy atom. The van der Waals surface area contributed by atoms with Gasteiger partial charge in [-0.3, -0.25) is 0 Å². The second-order valence-electron chi connectivity index (χ2n) is 5.62. The van der Waals surface area contributed by atoms with Crippen molar-refractivity contribution in [3.05, 3.63) is 0 Å². The van der Waals surface area contributed by atoms with Crippen molar-refractivity contribution in [3.63, 3.8) is 0 Å². The molecule has 0 bridgehead atoms. The number of hydrogen-bond donors (Lipinski definition) is 2. The SMILES string of the molecule is CC(C)CNCCC(C)(O)C1CCCOC1. The Balaban J connectivity index is 2.21. The highest BCUT2D eigenvalue weighted by molar-refractivity contribution is 4.84. The van der Waals surface area contributed by atoms with E-state index >= 15 is 0 Å². The highest BCUT2D eigenvalue weighted by atomic mass is 16.5. The molecule has 96 valence electrons. The summed E-state index contributed by atoms with van der Waals surface area (Å²) >= 11 is 0. The number of rotatable bonds is 6. The van der Waals surface area contributed by atoms with Crippen LogP contribution in [0.25, 0.3) is 0 Å². The van der Waals surface area contributed by atoms with E-state index in [-0.39, 0.29) is 0 Å². The van der Waals surface area contributed by atoms with E-state index in [2.05, 4.69) is 19.2 Å². The second kappa shape index (κ2) is 6.58. The first-order chi connectivity index (χ1) is 7.52. The molecule has 0 aromatic carbocycles. The van der Waals surface area contributed by atoms with E-state index in [1.54, 1.807) is 0 Å². The van der Waals surface area contributed by atoms with Gasteiger partial charge in [-0.25, -0.2) is 0 Å². The van der Waals surface area contributed by atoms with Gasteiger partial charge in [-0.15, -0.1) is 0 Å². The minimum absolute atomic E-state index is 0.307. The average Bonchev–Trinajstić information content (AvgIpc) is 2.26. The summed E-state index contributed by atoms with van der Waals surface area (Å²) in [6.07, 6.45) is 2.99. The average molecular weight is 229 g/mol. The minimum Gasteiger partial charge on any atom is -0.390 e. The molecule has 0 aromatic rings. The molecule has 1 rings (SSSR count). The summed E-state index contributed by atoms with van der Waals surface area (Å²) in [6.45, 7) is 9.83. The Hall–Kier alpha value is -0.120. The van der Waals surface area contributed by atoms with Gasteiger partial charge in [-0.1, -0.05) is 13.8 Å². The highest BCUT2D eigenvalue weighted by Crippen LogP contribution is 2.28. The molecule has 0 radical (unpaired) electrons. The van der Waals surface area contributed by atoms with Crippen LogP contribution >= 0.6 is 0 Å². The summed E-state index contributed by atoms with van der Waals surface area (Å²) in [7, 11) is 0. The smallest absolute Gasteiger partial charge is 0.0681 e. The maximum Gasteiger partial charge on any atom is 0.0681 e. The zero-order valence-electron chi connectivity index (χ0n) is 11.0. The van der Waals surface area contributed by atoms with E-state index in [9.17, 15) is 5.11 Å². The highest BCUT2D eigenvalue weighted by Gasteiger charge is 2.32. The van der Waals surface area contributed by atoms with Crippen LogP contribution in [0.1, 0.15) is 40.0 Å². The van der Waals surface area contributed by atoms with Crippen molar-refractivity contribution in [2.45, 2.75) is 45.6 Å². The van der Waals surface area contributed by atoms with Crippen molar-refractivity contribution in [2.24, 2.45) is 11.8 Å². The molecular weight excluding hydrogens is 202 g/mol. The van der Waals surface area contributed by atoms with Crippen LogP contribution < -0.4 is 5.32 Å². The molecule has 16 heavy (non-hydrogen) atoms. The normalized spacial score (nSPS) is 25.7. The summed E-state index contributed by atoms with van der Waals surface area (Å²) in [5.41, 5.74) is -0.579. The molecule has 2 atom stereocenters. The molecule has 0 aliphatic carbocycles. The molecule has 2 unspecified atom stereocenters. The van der Waals surface area contributed by atoms with Crippen LogP contribution in [0, 0.1) is 11.8 Å². The lowest BCUT2D eigenvalue weighted by Gasteiger charge is -2.35. The lowest BCUT2D eigenvalue weighted by atomic mass is 9.82. The third kappa shape index (κ3) is 4.81. The standard InChI is InChI=1S/C13H27NO2/c1-11(2)9-14-7-6-13(3,15)12-5-4-8-16-10-12/h11-12,14-15H,4-10H2,1-3H3. The predicted molar refractivity (Wildman–Crippen MR) is 66.5 cm³/mol. The monoisotopic (exact) mass is 229 g/mol. The first-order valence-corrected chi connectivity index (χ1v) is 6.53. The summed E-state index contributed by atoms with van der Waals surface area (Å²) in [5, 5.41) is 13.8. The second-order valence-corrected chi connectivity index (χ2v) is 5.62. The third-order valence-electron chi connectivity index (χ3n) is 3.40. The van der Waals surface area contributed by atoms with Crippen molar-refractivity contribution < 1.29 is 9.84 Å². The maximum absolute atomic E-state index is 10.4. The fourth-order valence-electron chi connectivity index (χ4n) is 2.17. The van der Waals surface area contributed by atoms with Crippen molar-refractivity contribution in [3.8, 4) is 0 Å². The van der Waals surface area contributed by atoms with Crippen molar-refractivity contribution in [1.82, 2.24) is 5.32 Å². The van der Waals surface area contributed by atoms with Crippen molar-refractivity contribution in [1.29, 1.82) is 0 Å². The number of hydrogen-bond acceptors (Lipinski definition) is 3. The van der Waals surface area contributed by atoms with Crippen LogP contribution in [0.15, 0.2) is 0 Å². The van der Waals surface area contributed by atoms with E-state index in [1.807, 2.05) is 6.92 Å². The lowest BCUT2D eigenvalue weighted by Crippen LogP contribution is -2.42. The van der Waals surface area contributed by atoms with Gasteiger partial charge in [0.15, 0.2) is 0 Å². The van der Waals surface area contributed by atoms with Gasteiger partial charge in [0, 0.05) is 12.5 Å². The molecular formula is C13H27NO2. The Morgan fingerprint density at radius 2 is 2.25 bits per heavy atom. The summed E-state index contributed by atoms with van der Waals surface area (Å²) < 4.78 is 5.43. The summed E-state index contributed by atoms with van der Waals surface area (Å²) in [6, 6.07) is 0. The number of ether oxygens (including phenoxy) is 1. The van der Waals surface area contributed by atoms with Gasteiger partial charge in [0.05, 0.1) is 12.2 Å². The quantitative estimate of drug-likeness (QED) is 0.682. The van der Waals surface area contributed by atoms with Gasteiger partial charge in [-0.05, 0) is 45.2 Å². The zero-order valence-corrected chi connectivity index (χ0v) is 11.0. The fraction of sp³-hybridized carbons (Fsp3) is 1.00. The fourth-order valence-corrected chi connectivity index (χ4v) is 2.17. The van der Waals surface area contributed by atoms with Crippen LogP contribution in [0.5, 0.6) is 0 Å². The largest absolute Gasteiger partial charge is 0.390 e. The molecule has 0 saturated carbocycles. The molecule has 0 amide bonds. The number of aliphatic hydroxyl groups is 1. The van der Waals surface area contributed by atoms with E-state index in [0.717, 1.165) is 45.6 Å². The van der Waals surface area contributed by atoms with Gasteiger partial charge in [-0.2, -0.15) is 0 Å². The first kappa shape index (κ1) is 13.9. The predicted octanol–water partition coefficient (Wildman–Crippen LogP) is 1.80. The number of nitrogens with one attached hydrogen (secondary N) is 1. The molecule has 1 saturated heterocycles. The van der Waals surface area contributed by atoms with Gasteiger partial charge in [0.25, 0.3) is 0 Å². The molecule has 1 heterocycles. The Kier molecular flexibility index (Phi) is 5.73. The Labute approximate surface area is 99.6 Å². The van der Waals surface area contributed by atoms with E-state index < -0.39 is 5.60 Å². The molecule has 2 N–H and O–H groups in total. The van der Waals surface area contributed by atoms with Crippen molar-refractivity contribution in [2.75, 3.05) is 26.3 Å². The minimum atomic E-state index is -0.579. The third-order valence-corrected chi connectivity index (χ3v) is 3.40. The van der Waals surface area contributed by atoms with E-state index in [0.29, 0.717) is 11.8 Å². The van der Waals surface area contributed by atoms with Crippen LogP contribution in [-0.2, 0) is 4.74 Å². The summed E-state index contributed by atoms with van der Waals surface area (Å²) in [4.78, 5) is 0. The van der Waals surface area contributed by atoms with Gasteiger partial charge in [0.2, 0.25) is 0 Å². The molecule has 1 aliphatic rings. The first-order valence-electron chi connectivity index (χ1n) is 6.53. The Bertz CT molecular complexity index is 186. The topological polar surface area (TPSA) is 41.5 Å². The zero-order chi connectivity index (χ0) is 12.0. The van der Waals surface area contributed by atoms with Crippen LogP contribution in [0.4, 0.5) is 0 Å². The molecule has 0 aromatic heterocycles. The van der Waals surface area contributed by atoms with Crippen LogP contribution in [0.3, 0.4) is 0 Å².